The van der Waals surface area contributed by atoms with Crippen LogP contribution in [-0.2, 0) is 0 Å². The van der Waals surface area contributed by atoms with Gasteiger partial charge in [0.15, 0.2) is 0 Å². The second-order valence-electron chi connectivity index (χ2n) is 6.59. The van der Waals surface area contributed by atoms with Gasteiger partial charge in [-0.05, 0) is 67.2 Å². The van der Waals surface area contributed by atoms with Crippen molar-refractivity contribution in [3.05, 3.63) is 53.6 Å². The third-order valence-corrected chi connectivity index (χ3v) is 4.90. The highest BCUT2D eigenvalue weighted by molar-refractivity contribution is 5.38. The Balaban J connectivity index is 1.52. The molecule has 2 heterocycles. The monoisotopic (exact) mass is 290 g/mol. The lowest BCUT2D eigenvalue weighted by atomic mass is 9.95. The molecule has 2 heteroatoms. The quantitative estimate of drug-likeness (QED) is 0.735. The fourth-order valence-electron chi connectivity index (χ4n) is 3.44. The Labute approximate surface area is 132 Å². The summed E-state index contributed by atoms with van der Waals surface area (Å²) >= 11 is 0. The molecule has 2 saturated carbocycles. The van der Waals surface area contributed by atoms with E-state index in [4.69, 9.17) is 0 Å². The van der Waals surface area contributed by atoms with E-state index >= 15 is 0 Å². The summed E-state index contributed by atoms with van der Waals surface area (Å²) in [5.74, 6) is 7.31. The van der Waals surface area contributed by atoms with Crippen LogP contribution in [0.25, 0.3) is 0 Å². The Kier molecular flexibility index (Phi) is 3.72. The summed E-state index contributed by atoms with van der Waals surface area (Å²) in [6, 6.07) is 9.13. The lowest BCUT2D eigenvalue weighted by Gasteiger charge is -2.24. The van der Waals surface area contributed by atoms with Crippen LogP contribution in [-0.4, -0.2) is 9.55 Å². The lowest BCUT2D eigenvalue weighted by molar-refractivity contribution is 0.352. The first-order valence-corrected chi connectivity index (χ1v) is 8.55. The van der Waals surface area contributed by atoms with Crippen LogP contribution in [0.5, 0.6) is 0 Å². The van der Waals surface area contributed by atoms with Gasteiger partial charge in [0.2, 0.25) is 0 Å². The summed E-state index contributed by atoms with van der Waals surface area (Å²) in [6.45, 7) is 0. The maximum absolute atomic E-state index is 4.50. The van der Waals surface area contributed by atoms with Gasteiger partial charge in [-0.15, -0.1) is 0 Å². The van der Waals surface area contributed by atoms with Crippen molar-refractivity contribution in [3.8, 4) is 11.8 Å². The maximum atomic E-state index is 4.50. The Morgan fingerprint density at radius 2 is 1.82 bits per heavy atom. The molecule has 112 valence electrons. The second kappa shape index (κ2) is 6.01. The molecule has 4 rings (SSSR count). The Bertz CT molecular complexity index is 689. The van der Waals surface area contributed by atoms with E-state index in [2.05, 4.69) is 51.9 Å². The zero-order valence-corrected chi connectivity index (χ0v) is 13.0. The zero-order valence-electron chi connectivity index (χ0n) is 13.0. The minimum atomic E-state index is 0.637. The third-order valence-electron chi connectivity index (χ3n) is 4.90. The van der Waals surface area contributed by atoms with Gasteiger partial charge < -0.3 is 4.57 Å². The van der Waals surface area contributed by atoms with Gasteiger partial charge in [0.05, 0.1) is 5.69 Å². The molecule has 0 spiro atoms. The van der Waals surface area contributed by atoms with E-state index < -0.39 is 0 Å². The largest absolute Gasteiger partial charge is 0.338 e. The van der Waals surface area contributed by atoms with Crippen LogP contribution in [0.4, 0.5) is 0 Å². The van der Waals surface area contributed by atoms with Crippen LogP contribution in [0.2, 0.25) is 0 Å². The van der Waals surface area contributed by atoms with E-state index in [1.807, 2.05) is 6.20 Å². The highest BCUT2D eigenvalue weighted by Crippen LogP contribution is 2.39. The Hall–Kier alpha value is -2.01. The van der Waals surface area contributed by atoms with E-state index in [0.717, 1.165) is 17.3 Å². The molecule has 2 fully saturated rings. The van der Waals surface area contributed by atoms with Crippen molar-refractivity contribution in [1.82, 2.24) is 9.55 Å². The van der Waals surface area contributed by atoms with Crippen molar-refractivity contribution in [1.29, 1.82) is 0 Å². The average Bonchev–Trinajstić information content (AvgIpc) is 3.32. The molecule has 0 amide bonds. The summed E-state index contributed by atoms with van der Waals surface area (Å²) in [4.78, 5) is 4.50. The minimum absolute atomic E-state index is 0.637. The van der Waals surface area contributed by atoms with Crippen LogP contribution in [0.3, 0.4) is 0 Å². The van der Waals surface area contributed by atoms with E-state index in [0.29, 0.717) is 6.04 Å². The van der Waals surface area contributed by atoms with Crippen molar-refractivity contribution in [2.45, 2.75) is 56.9 Å². The summed E-state index contributed by atoms with van der Waals surface area (Å²) in [5.41, 5.74) is 3.37. The molecule has 0 unspecified atom stereocenters. The molecule has 2 nitrogen and oxygen atoms in total. The highest BCUT2D eigenvalue weighted by Gasteiger charge is 2.23. The predicted octanol–water partition coefficient (Wildman–Crippen LogP) is 4.67. The lowest BCUT2D eigenvalue weighted by Crippen LogP contribution is -2.13. The maximum Gasteiger partial charge on any atom is 0.113 e. The topological polar surface area (TPSA) is 17.8 Å². The molecule has 0 radical (unpaired) electrons. The number of pyridine rings is 1. The fraction of sp³-hybridized carbons (Fsp3) is 0.450. The van der Waals surface area contributed by atoms with Crippen molar-refractivity contribution in [3.63, 3.8) is 0 Å². The summed E-state index contributed by atoms with van der Waals surface area (Å²) in [5, 5.41) is 0. The van der Waals surface area contributed by atoms with Gasteiger partial charge in [0.1, 0.15) is 5.69 Å². The molecule has 0 aromatic carbocycles. The van der Waals surface area contributed by atoms with Crippen LogP contribution >= 0.6 is 0 Å². The van der Waals surface area contributed by atoms with Crippen LogP contribution < -0.4 is 0 Å². The summed E-state index contributed by atoms with van der Waals surface area (Å²) in [7, 11) is 0. The van der Waals surface area contributed by atoms with Gasteiger partial charge >= 0.3 is 0 Å². The van der Waals surface area contributed by atoms with Gasteiger partial charge in [-0.25, -0.2) is 4.98 Å². The second-order valence-corrected chi connectivity index (χ2v) is 6.59. The first kappa shape index (κ1) is 13.6. The minimum Gasteiger partial charge on any atom is -0.338 e. The molecule has 22 heavy (non-hydrogen) atoms. The third kappa shape index (κ3) is 2.95. The normalized spacial score (nSPS) is 18.7. The van der Waals surface area contributed by atoms with Crippen molar-refractivity contribution >= 4 is 0 Å². The summed E-state index contributed by atoms with van der Waals surface area (Å²) < 4.78 is 2.37. The molecule has 2 aliphatic carbocycles. The van der Waals surface area contributed by atoms with Gasteiger partial charge in [0.25, 0.3) is 0 Å². The summed E-state index contributed by atoms with van der Waals surface area (Å²) in [6.07, 6.45) is 13.5. The molecule has 2 aliphatic rings. The molecule has 0 atom stereocenters. The number of hydrogen-bond acceptors (Lipinski definition) is 1. The smallest absolute Gasteiger partial charge is 0.113 e. The number of rotatable bonds is 2. The van der Waals surface area contributed by atoms with Crippen LogP contribution in [0.1, 0.15) is 73.9 Å². The van der Waals surface area contributed by atoms with E-state index in [1.54, 1.807) is 0 Å². The van der Waals surface area contributed by atoms with Crippen molar-refractivity contribution in [2.75, 3.05) is 0 Å². The standard InChI is InChI=1S/C20H22N2/c1-2-5-19(6-3-1)22-14-4-7-20(22)13-12-18-11-10-17(15-21-18)16-8-9-16/h4,7,10-11,14-16,19H,1-3,5-6,8-9H2. The average molecular weight is 290 g/mol. The fourth-order valence-corrected chi connectivity index (χ4v) is 3.44. The van der Waals surface area contributed by atoms with E-state index in [1.165, 1.54) is 50.5 Å². The SMILES string of the molecule is C(#Cc1cccn1C1CCCCC1)c1ccc(C2CC2)cn1. The molecular weight excluding hydrogens is 268 g/mol. The number of aromatic nitrogens is 2. The first-order chi connectivity index (χ1) is 10.9. The number of nitrogens with zero attached hydrogens (tertiary/aromatic N) is 2. The molecule has 0 saturated heterocycles. The molecular formula is C20H22N2. The highest BCUT2D eigenvalue weighted by atomic mass is 15.0. The van der Waals surface area contributed by atoms with Crippen molar-refractivity contribution < 1.29 is 0 Å². The Morgan fingerprint density at radius 1 is 0.955 bits per heavy atom. The van der Waals surface area contributed by atoms with Crippen molar-refractivity contribution in [2.24, 2.45) is 0 Å². The molecule has 0 bridgehead atoms. The van der Waals surface area contributed by atoms with Gasteiger partial charge in [-0.3, -0.25) is 0 Å². The van der Waals surface area contributed by atoms with Crippen LogP contribution in [0, 0.1) is 11.8 Å². The predicted molar refractivity (Wildman–Crippen MR) is 88.7 cm³/mol. The van der Waals surface area contributed by atoms with Gasteiger partial charge in [-0.2, -0.15) is 0 Å². The molecule has 0 aliphatic heterocycles. The molecule has 2 aromatic heterocycles. The zero-order chi connectivity index (χ0) is 14.8. The molecule has 2 aromatic rings. The first-order valence-electron chi connectivity index (χ1n) is 8.55. The van der Waals surface area contributed by atoms with E-state index in [9.17, 15) is 0 Å². The van der Waals surface area contributed by atoms with Crippen LogP contribution in [0.15, 0.2) is 36.7 Å². The van der Waals surface area contributed by atoms with Gasteiger partial charge in [-0.1, -0.05) is 25.3 Å². The molecule has 0 N–H and O–H groups in total. The number of hydrogen-bond donors (Lipinski definition) is 0. The van der Waals surface area contributed by atoms with Gasteiger partial charge in [0, 0.05) is 18.4 Å². The Morgan fingerprint density at radius 3 is 2.55 bits per heavy atom. The van der Waals surface area contributed by atoms with E-state index in [-0.39, 0.29) is 0 Å².